The fourth-order valence-electron chi connectivity index (χ4n) is 3.35. The number of nitrogens with two attached hydrogens (primary N) is 2. The van der Waals surface area contributed by atoms with Gasteiger partial charge in [0.05, 0.1) is 22.4 Å². The van der Waals surface area contributed by atoms with E-state index in [9.17, 15) is 0 Å². The third-order valence-electron chi connectivity index (χ3n) is 4.86. The first-order chi connectivity index (χ1) is 15.0. The van der Waals surface area contributed by atoms with Crippen LogP contribution in [0.4, 0.5) is 23.0 Å². The Bertz CT molecular complexity index is 1400. The number of anilines is 4. The van der Waals surface area contributed by atoms with Crippen LogP contribution in [0.3, 0.4) is 0 Å². The Labute approximate surface area is 177 Å². The quantitative estimate of drug-likeness (QED) is 0.409. The lowest BCUT2D eigenvalue weighted by atomic mass is 10.2. The summed E-state index contributed by atoms with van der Waals surface area (Å²) in [7, 11) is 0. The summed E-state index contributed by atoms with van der Waals surface area (Å²) in [6.07, 6.45) is 1.73. The Kier molecular flexibility index (Phi) is 4.25. The molecule has 0 unspecified atom stereocenters. The second kappa shape index (κ2) is 7.10. The number of nitrogens with zero attached hydrogens (tertiary/aromatic N) is 7. The number of hydrogen-bond donors (Lipinski definition) is 3. The van der Waals surface area contributed by atoms with Gasteiger partial charge in [0.25, 0.3) is 0 Å². The smallest absolute Gasteiger partial charge is 0.178 e. The molecule has 4 aromatic heterocycles. The lowest BCUT2D eigenvalue weighted by molar-refractivity contribution is 0.816. The van der Waals surface area contributed by atoms with Crippen molar-refractivity contribution in [3.8, 4) is 11.6 Å². The molecule has 0 bridgehead atoms. The summed E-state index contributed by atoms with van der Waals surface area (Å²) in [6.45, 7) is 3.80. The molecule has 5 rings (SSSR count). The van der Waals surface area contributed by atoms with E-state index in [0.717, 1.165) is 28.1 Å². The van der Waals surface area contributed by atoms with E-state index >= 15 is 0 Å². The number of nitrogen functional groups attached to an aromatic ring is 2. The molecule has 0 amide bonds. The van der Waals surface area contributed by atoms with Crippen molar-refractivity contribution in [2.75, 3.05) is 16.8 Å². The number of hydrogen-bond acceptors (Lipinski definition) is 8. The Hall–Kier alpha value is -4.47. The van der Waals surface area contributed by atoms with Crippen LogP contribution in [0, 0.1) is 13.8 Å². The Morgan fingerprint density at radius 1 is 0.935 bits per heavy atom. The molecule has 0 aliphatic heterocycles. The fourth-order valence-corrected chi connectivity index (χ4v) is 3.35. The highest BCUT2D eigenvalue weighted by Gasteiger charge is 2.13. The van der Waals surface area contributed by atoms with E-state index in [4.69, 9.17) is 16.5 Å². The van der Waals surface area contributed by atoms with Gasteiger partial charge in [0.1, 0.15) is 18.0 Å². The SMILES string of the molecule is Cc1ccc(Nc2ccc3c(c2)ncn3-c2ccc(N)c(-n3nc(N)cc3C)n2)nn1. The van der Waals surface area contributed by atoms with Gasteiger partial charge in [-0.15, -0.1) is 10.2 Å². The molecule has 0 atom stereocenters. The van der Waals surface area contributed by atoms with Crippen molar-refractivity contribution in [3.63, 3.8) is 0 Å². The molecule has 4 heterocycles. The molecule has 0 saturated heterocycles. The average molecular weight is 412 g/mol. The summed E-state index contributed by atoms with van der Waals surface area (Å²) in [5, 5.41) is 15.7. The molecule has 0 aliphatic carbocycles. The molecule has 31 heavy (non-hydrogen) atoms. The third kappa shape index (κ3) is 3.39. The van der Waals surface area contributed by atoms with E-state index in [0.29, 0.717) is 29.0 Å². The summed E-state index contributed by atoms with van der Waals surface area (Å²) in [5.41, 5.74) is 16.8. The highest BCUT2D eigenvalue weighted by Crippen LogP contribution is 2.25. The summed E-state index contributed by atoms with van der Waals surface area (Å²) in [4.78, 5) is 9.25. The molecule has 5 N–H and O–H groups in total. The zero-order chi connectivity index (χ0) is 21.5. The minimum Gasteiger partial charge on any atom is -0.396 e. The normalized spacial score (nSPS) is 11.2. The largest absolute Gasteiger partial charge is 0.396 e. The van der Waals surface area contributed by atoms with Crippen LogP contribution in [0.25, 0.3) is 22.7 Å². The second-order valence-electron chi connectivity index (χ2n) is 7.21. The molecule has 5 aromatic rings. The van der Waals surface area contributed by atoms with Gasteiger partial charge in [0.15, 0.2) is 11.6 Å². The van der Waals surface area contributed by atoms with Crippen molar-refractivity contribution < 1.29 is 0 Å². The number of imidazole rings is 1. The molecule has 0 aliphatic rings. The summed E-state index contributed by atoms with van der Waals surface area (Å²) >= 11 is 0. The van der Waals surface area contributed by atoms with Crippen LogP contribution < -0.4 is 16.8 Å². The highest BCUT2D eigenvalue weighted by molar-refractivity contribution is 5.82. The number of benzene rings is 1. The van der Waals surface area contributed by atoms with E-state index in [2.05, 4.69) is 25.6 Å². The number of rotatable bonds is 4. The van der Waals surface area contributed by atoms with Crippen molar-refractivity contribution in [1.29, 1.82) is 0 Å². The van der Waals surface area contributed by atoms with Crippen molar-refractivity contribution in [2.45, 2.75) is 13.8 Å². The summed E-state index contributed by atoms with van der Waals surface area (Å²) < 4.78 is 3.54. The predicted molar refractivity (Wildman–Crippen MR) is 120 cm³/mol. The van der Waals surface area contributed by atoms with Gasteiger partial charge in [0, 0.05) is 17.4 Å². The molecule has 0 fully saturated rings. The Morgan fingerprint density at radius 3 is 2.55 bits per heavy atom. The topological polar surface area (TPSA) is 138 Å². The molecule has 10 nitrogen and oxygen atoms in total. The van der Waals surface area contributed by atoms with Crippen molar-refractivity contribution >= 4 is 34.0 Å². The first-order valence-electron chi connectivity index (χ1n) is 9.62. The molecule has 10 heteroatoms. The molecule has 0 spiro atoms. The van der Waals surface area contributed by atoms with Gasteiger partial charge in [-0.25, -0.2) is 14.6 Å². The minimum absolute atomic E-state index is 0.412. The first-order valence-corrected chi connectivity index (χ1v) is 9.62. The highest BCUT2D eigenvalue weighted by atomic mass is 15.3. The van der Waals surface area contributed by atoms with E-state index in [1.807, 2.05) is 54.8 Å². The summed E-state index contributed by atoms with van der Waals surface area (Å²) in [6, 6.07) is 15.1. The molecular weight excluding hydrogens is 392 g/mol. The van der Waals surface area contributed by atoms with Crippen LogP contribution in [0.2, 0.25) is 0 Å². The van der Waals surface area contributed by atoms with E-state index in [1.54, 1.807) is 23.1 Å². The van der Waals surface area contributed by atoms with Gasteiger partial charge >= 0.3 is 0 Å². The van der Waals surface area contributed by atoms with E-state index < -0.39 is 0 Å². The number of aromatic nitrogens is 7. The zero-order valence-corrected chi connectivity index (χ0v) is 17.0. The minimum atomic E-state index is 0.412. The van der Waals surface area contributed by atoms with Gasteiger partial charge in [-0.3, -0.25) is 4.57 Å². The van der Waals surface area contributed by atoms with Crippen LogP contribution in [0.15, 0.2) is 54.9 Å². The van der Waals surface area contributed by atoms with Gasteiger partial charge in [0.2, 0.25) is 0 Å². The number of nitrogens with one attached hydrogen (secondary N) is 1. The van der Waals surface area contributed by atoms with Crippen LogP contribution in [-0.2, 0) is 0 Å². The molecule has 154 valence electrons. The van der Waals surface area contributed by atoms with Crippen LogP contribution in [-0.4, -0.2) is 34.5 Å². The monoisotopic (exact) mass is 412 g/mol. The second-order valence-corrected chi connectivity index (χ2v) is 7.21. The number of aryl methyl sites for hydroxylation is 2. The average Bonchev–Trinajstić information content (AvgIpc) is 3.32. The van der Waals surface area contributed by atoms with Gasteiger partial charge in [-0.1, -0.05) is 0 Å². The van der Waals surface area contributed by atoms with Gasteiger partial charge < -0.3 is 16.8 Å². The van der Waals surface area contributed by atoms with Crippen LogP contribution in [0.1, 0.15) is 11.4 Å². The maximum Gasteiger partial charge on any atom is 0.178 e. The zero-order valence-electron chi connectivity index (χ0n) is 17.0. The maximum atomic E-state index is 6.16. The van der Waals surface area contributed by atoms with Crippen molar-refractivity contribution in [2.24, 2.45) is 0 Å². The van der Waals surface area contributed by atoms with Crippen molar-refractivity contribution in [1.82, 2.24) is 34.5 Å². The summed E-state index contributed by atoms with van der Waals surface area (Å²) in [5.74, 6) is 2.27. The molecular formula is C21H20N10. The number of fused-ring (bicyclic) bond motifs is 1. The van der Waals surface area contributed by atoms with E-state index in [-0.39, 0.29) is 0 Å². The first kappa shape index (κ1) is 18.6. The molecule has 0 saturated carbocycles. The van der Waals surface area contributed by atoms with Gasteiger partial charge in [-0.05, 0) is 56.3 Å². The third-order valence-corrected chi connectivity index (χ3v) is 4.86. The van der Waals surface area contributed by atoms with Gasteiger partial charge in [-0.2, -0.15) is 5.10 Å². The van der Waals surface area contributed by atoms with Crippen LogP contribution >= 0.6 is 0 Å². The maximum absolute atomic E-state index is 6.16. The Balaban J connectivity index is 1.51. The predicted octanol–water partition coefficient (Wildman–Crippen LogP) is 2.92. The standard InChI is InChI=1S/C21H20N10/c1-12-3-7-19(28-27-12)25-14-4-6-17-16(10-14)24-11-30(17)20-8-5-15(22)21(26-20)31-13(2)9-18(23)29-31/h3-11H,22H2,1-2H3,(H2,23,29)(H,25,28). The van der Waals surface area contributed by atoms with E-state index in [1.165, 1.54) is 0 Å². The molecule has 1 aromatic carbocycles. The van der Waals surface area contributed by atoms with Crippen molar-refractivity contribution in [3.05, 3.63) is 66.2 Å². The molecule has 0 radical (unpaired) electrons. The lowest BCUT2D eigenvalue weighted by Gasteiger charge is -2.10. The van der Waals surface area contributed by atoms with Crippen LogP contribution in [0.5, 0.6) is 0 Å². The lowest BCUT2D eigenvalue weighted by Crippen LogP contribution is -2.09. The Morgan fingerprint density at radius 2 is 1.81 bits per heavy atom. The number of pyridine rings is 1. The fraction of sp³-hybridized carbons (Fsp3) is 0.0952.